The van der Waals surface area contributed by atoms with Crippen LogP contribution < -0.4 is 0 Å². The highest BCUT2D eigenvalue weighted by Crippen LogP contribution is 2.27. The molecule has 0 bridgehead atoms. The second kappa shape index (κ2) is 7.51. The van der Waals surface area contributed by atoms with Crippen molar-refractivity contribution < 1.29 is 14.0 Å². The van der Waals surface area contributed by atoms with Crippen molar-refractivity contribution in [2.24, 2.45) is 5.92 Å². The fourth-order valence-corrected chi connectivity index (χ4v) is 3.76. The molecule has 0 radical (unpaired) electrons. The molecule has 2 aliphatic rings. The van der Waals surface area contributed by atoms with Gasteiger partial charge in [-0.2, -0.15) is 0 Å². The monoisotopic (exact) mass is 352 g/mol. The van der Waals surface area contributed by atoms with Gasteiger partial charge in [-0.15, -0.1) is 0 Å². The molecule has 1 heterocycles. The van der Waals surface area contributed by atoms with Crippen LogP contribution in [-0.4, -0.2) is 47.8 Å². The van der Waals surface area contributed by atoms with E-state index in [0.717, 1.165) is 32.1 Å². The smallest absolute Gasteiger partial charge is 0.253 e. The molecule has 2 amide bonds. The van der Waals surface area contributed by atoms with Crippen LogP contribution in [0, 0.1) is 11.7 Å². The number of rotatable bonds is 2. The first-order valence-corrected chi connectivity index (χ1v) is 8.97. The van der Waals surface area contributed by atoms with E-state index in [1.807, 2.05) is 4.90 Å². The molecular weight excluding hydrogens is 331 g/mol. The van der Waals surface area contributed by atoms with E-state index in [4.69, 9.17) is 11.6 Å². The Labute approximate surface area is 146 Å². The van der Waals surface area contributed by atoms with E-state index in [2.05, 4.69) is 0 Å². The van der Waals surface area contributed by atoms with Crippen molar-refractivity contribution in [1.82, 2.24) is 9.80 Å². The SMILES string of the molecule is O=C(c1ccc(F)c(Cl)c1)N1CCCN(C(=O)C2CCCC2)CC1. The van der Waals surface area contributed by atoms with Gasteiger partial charge in [-0.3, -0.25) is 9.59 Å². The minimum atomic E-state index is -0.530. The zero-order valence-corrected chi connectivity index (χ0v) is 14.4. The van der Waals surface area contributed by atoms with E-state index in [0.29, 0.717) is 31.7 Å². The maximum Gasteiger partial charge on any atom is 0.253 e. The molecule has 1 saturated carbocycles. The van der Waals surface area contributed by atoms with Crippen LogP contribution >= 0.6 is 11.6 Å². The zero-order chi connectivity index (χ0) is 17.1. The van der Waals surface area contributed by atoms with Crippen molar-refractivity contribution in [3.63, 3.8) is 0 Å². The van der Waals surface area contributed by atoms with Gasteiger partial charge >= 0.3 is 0 Å². The third-order valence-corrected chi connectivity index (χ3v) is 5.26. The maximum absolute atomic E-state index is 13.3. The van der Waals surface area contributed by atoms with E-state index in [1.54, 1.807) is 4.90 Å². The largest absolute Gasteiger partial charge is 0.341 e. The average Bonchev–Trinajstić information content (AvgIpc) is 3.00. The molecule has 130 valence electrons. The molecule has 1 aliphatic heterocycles. The van der Waals surface area contributed by atoms with Crippen molar-refractivity contribution in [2.75, 3.05) is 26.2 Å². The second-order valence-corrected chi connectivity index (χ2v) is 6.99. The lowest BCUT2D eigenvalue weighted by atomic mass is 10.1. The molecule has 1 aliphatic carbocycles. The Hall–Kier alpha value is -1.62. The first kappa shape index (κ1) is 17.2. The Bertz CT molecular complexity index is 631. The minimum Gasteiger partial charge on any atom is -0.341 e. The topological polar surface area (TPSA) is 40.6 Å². The summed E-state index contributed by atoms with van der Waals surface area (Å²) >= 11 is 5.77. The van der Waals surface area contributed by atoms with Crippen LogP contribution in [0.4, 0.5) is 4.39 Å². The molecule has 1 aromatic rings. The Kier molecular flexibility index (Phi) is 5.39. The van der Waals surface area contributed by atoms with Gasteiger partial charge < -0.3 is 9.80 Å². The van der Waals surface area contributed by atoms with Crippen LogP contribution in [0.1, 0.15) is 42.5 Å². The summed E-state index contributed by atoms with van der Waals surface area (Å²) in [6, 6.07) is 4.03. The van der Waals surface area contributed by atoms with Gasteiger partial charge in [-0.05, 0) is 37.5 Å². The lowest BCUT2D eigenvalue weighted by molar-refractivity contribution is -0.135. The third kappa shape index (κ3) is 3.72. The van der Waals surface area contributed by atoms with Crippen molar-refractivity contribution in [1.29, 1.82) is 0 Å². The van der Waals surface area contributed by atoms with Gasteiger partial charge in [-0.25, -0.2) is 4.39 Å². The molecule has 1 aromatic carbocycles. The number of amides is 2. The predicted octanol–water partition coefficient (Wildman–Crippen LogP) is 3.34. The fraction of sp³-hybridized carbons (Fsp3) is 0.556. The number of halogens is 2. The quantitative estimate of drug-likeness (QED) is 0.819. The third-order valence-electron chi connectivity index (χ3n) is 4.97. The lowest BCUT2D eigenvalue weighted by Gasteiger charge is -2.24. The van der Waals surface area contributed by atoms with Crippen molar-refractivity contribution in [3.8, 4) is 0 Å². The molecule has 2 fully saturated rings. The van der Waals surface area contributed by atoms with Gasteiger partial charge in [0.1, 0.15) is 5.82 Å². The number of carbonyl (C=O) groups is 2. The molecular formula is C18H22ClFN2O2. The average molecular weight is 353 g/mol. The zero-order valence-electron chi connectivity index (χ0n) is 13.6. The highest BCUT2D eigenvalue weighted by atomic mass is 35.5. The molecule has 0 unspecified atom stereocenters. The first-order valence-electron chi connectivity index (χ1n) is 8.59. The number of hydrogen-bond donors (Lipinski definition) is 0. The van der Waals surface area contributed by atoms with E-state index in [-0.39, 0.29) is 22.8 Å². The van der Waals surface area contributed by atoms with Gasteiger partial charge in [0.05, 0.1) is 5.02 Å². The molecule has 24 heavy (non-hydrogen) atoms. The van der Waals surface area contributed by atoms with Crippen molar-refractivity contribution >= 4 is 23.4 Å². The Morgan fingerprint density at radius 2 is 1.67 bits per heavy atom. The molecule has 6 heteroatoms. The van der Waals surface area contributed by atoms with Crippen LogP contribution in [-0.2, 0) is 4.79 Å². The molecule has 3 rings (SSSR count). The predicted molar refractivity (Wildman–Crippen MR) is 90.5 cm³/mol. The number of carbonyl (C=O) groups excluding carboxylic acids is 2. The van der Waals surface area contributed by atoms with Crippen LogP contribution in [0.2, 0.25) is 5.02 Å². The Balaban J connectivity index is 1.63. The van der Waals surface area contributed by atoms with Gasteiger partial charge in [-0.1, -0.05) is 24.4 Å². The van der Waals surface area contributed by atoms with Crippen LogP contribution in [0.5, 0.6) is 0 Å². The summed E-state index contributed by atoms with van der Waals surface area (Å²) < 4.78 is 13.3. The fourth-order valence-electron chi connectivity index (χ4n) is 3.58. The van der Waals surface area contributed by atoms with Gasteiger partial charge in [0.25, 0.3) is 5.91 Å². The van der Waals surface area contributed by atoms with Crippen LogP contribution in [0.15, 0.2) is 18.2 Å². The van der Waals surface area contributed by atoms with Gasteiger partial charge in [0.15, 0.2) is 0 Å². The molecule has 0 atom stereocenters. The van der Waals surface area contributed by atoms with E-state index in [9.17, 15) is 14.0 Å². The summed E-state index contributed by atoms with van der Waals surface area (Å²) in [5, 5.41) is -0.0475. The van der Waals surface area contributed by atoms with Gasteiger partial charge in [0.2, 0.25) is 5.91 Å². The minimum absolute atomic E-state index is 0.0475. The van der Waals surface area contributed by atoms with Crippen LogP contribution in [0.25, 0.3) is 0 Å². The van der Waals surface area contributed by atoms with Crippen molar-refractivity contribution in [2.45, 2.75) is 32.1 Å². The summed E-state index contributed by atoms with van der Waals surface area (Å²) in [6.07, 6.45) is 5.03. The Morgan fingerprint density at radius 3 is 2.38 bits per heavy atom. The highest BCUT2D eigenvalue weighted by molar-refractivity contribution is 6.31. The molecule has 0 aromatic heterocycles. The van der Waals surface area contributed by atoms with E-state index in [1.165, 1.54) is 18.2 Å². The lowest BCUT2D eigenvalue weighted by Crippen LogP contribution is -2.39. The molecule has 0 N–H and O–H groups in total. The van der Waals surface area contributed by atoms with Crippen LogP contribution in [0.3, 0.4) is 0 Å². The second-order valence-electron chi connectivity index (χ2n) is 6.58. The normalized spacial score (nSPS) is 19.4. The summed E-state index contributed by atoms with van der Waals surface area (Å²) in [5.41, 5.74) is 0.386. The molecule has 4 nitrogen and oxygen atoms in total. The summed E-state index contributed by atoms with van der Waals surface area (Å²) in [7, 11) is 0. The number of nitrogens with zero attached hydrogens (tertiary/aromatic N) is 2. The van der Waals surface area contributed by atoms with Crippen molar-refractivity contribution in [3.05, 3.63) is 34.6 Å². The summed E-state index contributed by atoms with van der Waals surface area (Å²) in [6.45, 7) is 2.37. The first-order chi connectivity index (χ1) is 11.6. The number of hydrogen-bond acceptors (Lipinski definition) is 2. The summed E-state index contributed by atoms with van der Waals surface area (Å²) in [5.74, 6) is -0.278. The molecule has 0 spiro atoms. The standard InChI is InChI=1S/C18H22ClFN2O2/c19-15-12-14(6-7-16(15)20)18(24)22-9-3-8-21(10-11-22)17(23)13-4-1-2-5-13/h6-7,12-13H,1-5,8-11H2. The number of benzene rings is 1. The highest BCUT2D eigenvalue weighted by Gasteiger charge is 2.29. The summed E-state index contributed by atoms with van der Waals surface area (Å²) in [4.78, 5) is 28.8. The maximum atomic E-state index is 13.3. The van der Waals surface area contributed by atoms with E-state index < -0.39 is 5.82 Å². The molecule has 1 saturated heterocycles. The Morgan fingerprint density at radius 1 is 1.00 bits per heavy atom. The van der Waals surface area contributed by atoms with Gasteiger partial charge in [0, 0.05) is 37.7 Å². The van der Waals surface area contributed by atoms with E-state index >= 15 is 0 Å².